The summed E-state index contributed by atoms with van der Waals surface area (Å²) in [5.41, 5.74) is 1.70. The van der Waals surface area contributed by atoms with Gasteiger partial charge in [0.2, 0.25) is 6.40 Å². The van der Waals surface area contributed by atoms with Gasteiger partial charge in [0.05, 0.1) is 19.0 Å². The molecule has 66 valence electrons. The molecule has 1 heterocycles. The molecule has 0 aromatic heterocycles. The Balaban J connectivity index is 2.50. The summed E-state index contributed by atoms with van der Waals surface area (Å²) in [5, 5.41) is 3.66. The van der Waals surface area contributed by atoms with Crippen LogP contribution in [0.25, 0.3) is 0 Å². The van der Waals surface area contributed by atoms with Crippen LogP contribution in [-0.2, 0) is 4.84 Å². The number of hydrogen-bond donors (Lipinski definition) is 0. The van der Waals surface area contributed by atoms with Gasteiger partial charge >= 0.3 is 0 Å². The van der Waals surface area contributed by atoms with E-state index in [1.165, 1.54) is 6.40 Å². The van der Waals surface area contributed by atoms with Crippen LogP contribution in [0, 0.1) is 0 Å². The minimum Gasteiger partial charge on any atom is -0.497 e. The zero-order valence-electron chi connectivity index (χ0n) is 7.10. The molecule has 0 spiro atoms. The van der Waals surface area contributed by atoms with Crippen LogP contribution in [0.3, 0.4) is 0 Å². The summed E-state index contributed by atoms with van der Waals surface area (Å²) in [6.07, 6.45) is 2.90. The van der Waals surface area contributed by atoms with Crippen LogP contribution in [-0.4, -0.2) is 19.7 Å². The minimum atomic E-state index is 0.780. The zero-order chi connectivity index (χ0) is 9.10. The number of hydrogen-bond acceptors (Lipinski definition) is 4. The summed E-state index contributed by atoms with van der Waals surface area (Å²) < 4.78 is 5.07. The van der Waals surface area contributed by atoms with Gasteiger partial charge in [-0.2, -0.15) is 0 Å². The number of benzene rings is 1. The molecule has 13 heavy (non-hydrogen) atoms. The maximum atomic E-state index is 5.07. The van der Waals surface area contributed by atoms with E-state index in [0.717, 1.165) is 17.0 Å². The van der Waals surface area contributed by atoms with Gasteiger partial charge in [-0.05, 0) is 18.2 Å². The Bertz CT molecular complexity index is 372. The molecule has 0 atom stereocenters. The minimum absolute atomic E-state index is 0.780. The van der Waals surface area contributed by atoms with Crippen LogP contribution in [0.2, 0.25) is 0 Å². The highest BCUT2D eigenvalue weighted by Crippen LogP contribution is 2.23. The molecule has 0 N–H and O–H groups in total. The molecule has 1 aliphatic rings. The highest BCUT2D eigenvalue weighted by atomic mass is 16.6. The Labute approximate surface area is 75.5 Å². The van der Waals surface area contributed by atoms with E-state index in [2.05, 4.69) is 15.0 Å². The summed E-state index contributed by atoms with van der Waals surface area (Å²) in [7, 11) is 1.62. The number of nitrogens with zero attached hydrogens (tertiary/aromatic N) is 2. The monoisotopic (exact) mass is 176 g/mol. The number of oxime groups is 1. The predicted molar refractivity (Wildman–Crippen MR) is 49.8 cm³/mol. The van der Waals surface area contributed by atoms with Crippen molar-refractivity contribution in [2.75, 3.05) is 7.11 Å². The molecule has 0 saturated heterocycles. The van der Waals surface area contributed by atoms with Gasteiger partial charge in [-0.15, -0.1) is 0 Å². The summed E-state index contributed by atoms with van der Waals surface area (Å²) in [4.78, 5) is 8.72. The van der Waals surface area contributed by atoms with E-state index in [4.69, 9.17) is 4.74 Å². The molecule has 0 saturated carbocycles. The van der Waals surface area contributed by atoms with Crippen molar-refractivity contribution in [3.63, 3.8) is 0 Å². The molecule has 0 bridgehead atoms. The van der Waals surface area contributed by atoms with E-state index < -0.39 is 0 Å². The van der Waals surface area contributed by atoms with Crippen molar-refractivity contribution in [2.24, 2.45) is 10.1 Å². The first-order chi connectivity index (χ1) is 6.40. The van der Waals surface area contributed by atoms with Crippen LogP contribution in [0.5, 0.6) is 5.75 Å². The Morgan fingerprint density at radius 2 is 2.31 bits per heavy atom. The second-order valence-corrected chi connectivity index (χ2v) is 2.50. The number of methoxy groups -OCH3 is 1. The molecule has 1 aromatic carbocycles. The molecule has 1 aromatic rings. The zero-order valence-corrected chi connectivity index (χ0v) is 7.10. The third kappa shape index (κ3) is 1.51. The molecule has 0 fully saturated rings. The lowest BCUT2D eigenvalue weighted by Gasteiger charge is -2.01. The molecule has 1 aliphatic heterocycles. The molecule has 0 amide bonds. The summed E-state index contributed by atoms with van der Waals surface area (Å²) in [5.74, 6) is 0.780. The first kappa shape index (κ1) is 7.79. The lowest BCUT2D eigenvalue weighted by atomic mass is 10.2. The van der Waals surface area contributed by atoms with E-state index >= 15 is 0 Å². The molecule has 2 rings (SSSR count). The van der Waals surface area contributed by atoms with Crippen molar-refractivity contribution in [3.05, 3.63) is 23.8 Å². The lowest BCUT2D eigenvalue weighted by molar-refractivity contribution is 0.349. The summed E-state index contributed by atoms with van der Waals surface area (Å²) in [6.45, 7) is 0. The molecular formula is C9H8N2O2. The molecule has 4 nitrogen and oxygen atoms in total. The van der Waals surface area contributed by atoms with Gasteiger partial charge < -0.3 is 9.57 Å². The Kier molecular flexibility index (Phi) is 1.96. The van der Waals surface area contributed by atoms with Gasteiger partial charge in [0.25, 0.3) is 0 Å². The van der Waals surface area contributed by atoms with Gasteiger partial charge in [-0.3, -0.25) is 0 Å². The van der Waals surface area contributed by atoms with Gasteiger partial charge in [0.15, 0.2) is 0 Å². The van der Waals surface area contributed by atoms with Crippen molar-refractivity contribution < 1.29 is 9.57 Å². The first-order valence-corrected chi connectivity index (χ1v) is 3.80. The standard InChI is InChI=1S/C9H8N2O2/c1-12-8-2-3-9-7(4-8)5-11-13-6-10-9/h2-6H,1H3. The van der Waals surface area contributed by atoms with E-state index in [0.29, 0.717) is 0 Å². The van der Waals surface area contributed by atoms with E-state index in [-0.39, 0.29) is 0 Å². The third-order valence-electron chi connectivity index (χ3n) is 1.73. The largest absolute Gasteiger partial charge is 0.497 e. The van der Waals surface area contributed by atoms with Gasteiger partial charge in [-0.1, -0.05) is 5.16 Å². The fourth-order valence-corrected chi connectivity index (χ4v) is 1.08. The molecule has 0 radical (unpaired) electrons. The van der Waals surface area contributed by atoms with Crippen LogP contribution in [0.15, 0.2) is 28.3 Å². The van der Waals surface area contributed by atoms with Crippen LogP contribution >= 0.6 is 0 Å². The van der Waals surface area contributed by atoms with Crippen molar-refractivity contribution in [1.82, 2.24) is 0 Å². The number of ether oxygens (including phenoxy) is 1. The molecule has 4 heteroatoms. The SMILES string of the molecule is COc1ccc2c(c1)C=NOC=N2. The fourth-order valence-electron chi connectivity index (χ4n) is 1.08. The second-order valence-electron chi connectivity index (χ2n) is 2.50. The Hall–Kier alpha value is -1.84. The summed E-state index contributed by atoms with van der Waals surface area (Å²) >= 11 is 0. The topological polar surface area (TPSA) is 43.2 Å². The van der Waals surface area contributed by atoms with E-state index in [1.807, 2.05) is 18.2 Å². The van der Waals surface area contributed by atoms with E-state index in [1.54, 1.807) is 13.3 Å². The van der Waals surface area contributed by atoms with Crippen LogP contribution in [0.4, 0.5) is 5.69 Å². The van der Waals surface area contributed by atoms with Crippen molar-refractivity contribution in [2.45, 2.75) is 0 Å². The predicted octanol–water partition coefficient (Wildman–Crippen LogP) is 1.72. The highest BCUT2D eigenvalue weighted by Gasteiger charge is 2.02. The molecular weight excluding hydrogens is 168 g/mol. The first-order valence-electron chi connectivity index (χ1n) is 3.80. The number of fused-ring (bicyclic) bond motifs is 1. The average molecular weight is 176 g/mol. The van der Waals surface area contributed by atoms with E-state index in [9.17, 15) is 0 Å². The summed E-state index contributed by atoms with van der Waals surface area (Å²) in [6, 6.07) is 5.55. The average Bonchev–Trinajstić information content (AvgIpc) is 2.41. The smallest absolute Gasteiger partial charge is 0.212 e. The Morgan fingerprint density at radius 1 is 1.38 bits per heavy atom. The van der Waals surface area contributed by atoms with Gasteiger partial charge in [0.1, 0.15) is 5.75 Å². The fraction of sp³-hybridized carbons (Fsp3) is 0.111. The maximum Gasteiger partial charge on any atom is 0.212 e. The third-order valence-corrected chi connectivity index (χ3v) is 1.73. The van der Waals surface area contributed by atoms with Crippen LogP contribution in [0.1, 0.15) is 5.56 Å². The highest BCUT2D eigenvalue weighted by molar-refractivity contribution is 5.88. The van der Waals surface area contributed by atoms with Crippen molar-refractivity contribution >= 4 is 18.3 Å². The number of aliphatic imine (C=N–C) groups is 1. The van der Waals surface area contributed by atoms with Gasteiger partial charge in [-0.25, -0.2) is 4.99 Å². The maximum absolute atomic E-state index is 5.07. The molecule has 0 aliphatic carbocycles. The lowest BCUT2D eigenvalue weighted by Crippen LogP contribution is -1.86. The van der Waals surface area contributed by atoms with Crippen LogP contribution < -0.4 is 4.74 Å². The van der Waals surface area contributed by atoms with Crippen molar-refractivity contribution in [1.29, 1.82) is 0 Å². The Morgan fingerprint density at radius 3 is 3.15 bits per heavy atom. The van der Waals surface area contributed by atoms with Crippen molar-refractivity contribution in [3.8, 4) is 5.75 Å². The molecule has 0 unspecified atom stereocenters. The van der Waals surface area contributed by atoms with Gasteiger partial charge in [0, 0.05) is 5.56 Å². The number of rotatable bonds is 1. The normalized spacial score (nSPS) is 13.0. The second kappa shape index (κ2) is 3.26. The quantitative estimate of drug-likeness (QED) is 0.653.